The average Bonchev–Trinajstić information content (AvgIpc) is 3.06. The molecule has 6 rings (SSSR count). The number of nitrogens with zero attached hydrogens (tertiary/aromatic N) is 1. The summed E-state index contributed by atoms with van der Waals surface area (Å²) < 4.78 is 0. The standard InChI is InChI=1S/C29H22N.C13H24O2.Ir/c1-18(2)22-16-21-14-15-30-29-24-13-12-19-8-6-7-11-23(19)28(24)26(25(17-22)27(21)29)20-9-4-3-5-10-20;1-5-10(6-2)12(14)9-13(15)11(7-3)8-4;/h3-12,14-18,26H,1-2H3;9-11,14H,5-8H2,1-4H3;/q-1;;/b;12-9-;. The Morgan fingerprint density at radius 2 is 1.52 bits per heavy atom. The van der Waals surface area contributed by atoms with E-state index in [9.17, 15) is 9.90 Å². The van der Waals surface area contributed by atoms with Gasteiger partial charge in [-0.25, -0.2) is 0 Å². The summed E-state index contributed by atoms with van der Waals surface area (Å²) in [5, 5.41) is 14.8. The van der Waals surface area contributed by atoms with Crippen molar-refractivity contribution in [3.63, 3.8) is 0 Å². The number of aromatic nitrogens is 1. The molecule has 5 aromatic rings. The minimum Gasteiger partial charge on any atom is -0.512 e. The van der Waals surface area contributed by atoms with Crippen LogP contribution in [0.2, 0.25) is 0 Å². The van der Waals surface area contributed by atoms with Crippen molar-refractivity contribution in [2.75, 3.05) is 0 Å². The van der Waals surface area contributed by atoms with Gasteiger partial charge in [-0.3, -0.25) is 4.79 Å². The molecular weight excluding hydrogens is 743 g/mol. The number of fused-ring (bicyclic) bond motifs is 4. The van der Waals surface area contributed by atoms with Crippen LogP contribution in [-0.2, 0) is 24.9 Å². The minimum atomic E-state index is 0. The van der Waals surface area contributed by atoms with Crippen LogP contribution < -0.4 is 0 Å². The summed E-state index contributed by atoms with van der Waals surface area (Å²) in [5.74, 6) is 1.19. The van der Waals surface area contributed by atoms with Crippen LogP contribution in [0.5, 0.6) is 0 Å². The van der Waals surface area contributed by atoms with E-state index < -0.39 is 0 Å². The largest absolute Gasteiger partial charge is 0.512 e. The van der Waals surface area contributed by atoms with Gasteiger partial charge in [-0.2, -0.15) is 0 Å². The van der Waals surface area contributed by atoms with Gasteiger partial charge >= 0.3 is 0 Å². The number of hydrogen-bond acceptors (Lipinski definition) is 3. The molecule has 1 unspecified atom stereocenters. The molecule has 0 aliphatic heterocycles. The Bertz CT molecular complexity index is 1820. The molecule has 46 heavy (non-hydrogen) atoms. The van der Waals surface area contributed by atoms with Gasteiger partial charge in [0, 0.05) is 50.1 Å². The summed E-state index contributed by atoms with van der Waals surface area (Å²) in [5.41, 5.74) is 7.59. The molecule has 0 spiro atoms. The zero-order valence-corrected chi connectivity index (χ0v) is 30.3. The zero-order valence-electron chi connectivity index (χ0n) is 27.9. The van der Waals surface area contributed by atoms with E-state index >= 15 is 0 Å². The van der Waals surface area contributed by atoms with Gasteiger partial charge in [0.05, 0.1) is 5.76 Å². The Balaban J connectivity index is 0.000000259. The number of rotatable bonds is 9. The van der Waals surface area contributed by atoms with Crippen molar-refractivity contribution in [2.45, 2.75) is 79.1 Å². The van der Waals surface area contributed by atoms with Crippen molar-refractivity contribution in [3.8, 4) is 11.3 Å². The van der Waals surface area contributed by atoms with Gasteiger partial charge in [0.2, 0.25) is 0 Å². The van der Waals surface area contributed by atoms with E-state index in [0.29, 0.717) is 5.92 Å². The maximum absolute atomic E-state index is 11.7. The quantitative estimate of drug-likeness (QED) is 0.0902. The van der Waals surface area contributed by atoms with Crippen molar-refractivity contribution in [3.05, 3.63) is 125 Å². The molecule has 1 atom stereocenters. The average molecular weight is 789 g/mol. The maximum Gasteiger partial charge on any atom is 0.162 e. The maximum atomic E-state index is 11.7. The molecule has 1 aromatic heterocycles. The SMILES string of the molecule is CC(C)c1cc2c3c(nccc3c1)-c1[c-]cc3ccccc3c1C2c1ccccc1.CCC(CC)C(=O)/C=C(\O)C(CC)CC.[Ir]. The van der Waals surface area contributed by atoms with Crippen LogP contribution >= 0.6 is 0 Å². The van der Waals surface area contributed by atoms with Crippen LogP contribution in [0.3, 0.4) is 0 Å². The molecule has 0 saturated heterocycles. The number of aliphatic hydroxyl groups excluding tert-OH is 1. The van der Waals surface area contributed by atoms with E-state index in [-0.39, 0.29) is 49.4 Å². The van der Waals surface area contributed by atoms with Gasteiger partial charge in [-0.1, -0.05) is 119 Å². The number of benzene rings is 4. The molecule has 4 heteroatoms. The first-order valence-corrected chi connectivity index (χ1v) is 16.7. The summed E-state index contributed by atoms with van der Waals surface area (Å²) in [4.78, 5) is 16.6. The van der Waals surface area contributed by atoms with Crippen LogP contribution in [0.1, 0.15) is 101 Å². The molecule has 1 aliphatic carbocycles. The number of aliphatic hydroxyl groups is 1. The second-order valence-electron chi connectivity index (χ2n) is 12.5. The predicted molar refractivity (Wildman–Crippen MR) is 189 cm³/mol. The van der Waals surface area contributed by atoms with Gasteiger partial charge < -0.3 is 10.1 Å². The molecule has 0 amide bonds. The Morgan fingerprint density at radius 3 is 2.17 bits per heavy atom. The fourth-order valence-corrected chi connectivity index (χ4v) is 6.78. The van der Waals surface area contributed by atoms with Gasteiger partial charge in [-0.15, -0.1) is 23.3 Å². The summed E-state index contributed by atoms with van der Waals surface area (Å²) in [6.07, 6.45) is 6.85. The molecule has 0 saturated carbocycles. The molecule has 1 aliphatic rings. The topological polar surface area (TPSA) is 50.2 Å². The summed E-state index contributed by atoms with van der Waals surface area (Å²) >= 11 is 0. The van der Waals surface area contributed by atoms with E-state index in [1.807, 2.05) is 33.9 Å². The van der Waals surface area contributed by atoms with Gasteiger partial charge in [-0.05, 0) is 70.8 Å². The van der Waals surface area contributed by atoms with Crippen molar-refractivity contribution in [1.82, 2.24) is 4.98 Å². The molecule has 1 radical (unpaired) electrons. The second-order valence-corrected chi connectivity index (χ2v) is 12.5. The van der Waals surface area contributed by atoms with Crippen molar-refractivity contribution in [2.24, 2.45) is 11.8 Å². The number of carbonyl (C=O) groups excluding carboxylic acids is 1. The molecule has 241 valence electrons. The Hall–Kier alpha value is -3.59. The second kappa shape index (κ2) is 15.8. The fraction of sp³-hybridized carbons (Fsp3) is 0.333. The summed E-state index contributed by atoms with van der Waals surface area (Å²) in [6.45, 7) is 12.6. The van der Waals surface area contributed by atoms with Crippen LogP contribution in [0.15, 0.2) is 96.9 Å². The van der Waals surface area contributed by atoms with E-state index in [0.717, 1.165) is 36.9 Å². The Labute approximate surface area is 288 Å². The number of allylic oxidation sites excluding steroid dienone is 2. The number of pyridine rings is 1. The van der Waals surface area contributed by atoms with Gasteiger partial charge in [0.1, 0.15) is 0 Å². The van der Waals surface area contributed by atoms with E-state index in [1.165, 1.54) is 49.9 Å². The molecule has 1 N–H and O–H groups in total. The van der Waals surface area contributed by atoms with Crippen molar-refractivity contribution < 1.29 is 30.0 Å². The third kappa shape index (κ3) is 7.04. The van der Waals surface area contributed by atoms with E-state index in [2.05, 4.69) is 98.8 Å². The Kier molecular flexibility index (Phi) is 12.1. The molecule has 0 bridgehead atoms. The molecular formula is C42H46IrNO2-. The van der Waals surface area contributed by atoms with Gasteiger partial charge in [0.15, 0.2) is 5.78 Å². The molecule has 3 nitrogen and oxygen atoms in total. The van der Waals surface area contributed by atoms with Crippen LogP contribution in [0.25, 0.3) is 32.8 Å². The third-order valence-electron chi connectivity index (χ3n) is 9.53. The molecule has 4 aromatic carbocycles. The van der Waals surface area contributed by atoms with Crippen LogP contribution in [0, 0.1) is 17.9 Å². The first kappa shape index (κ1) is 35.3. The fourth-order valence-electron chi connectivity index (χ4n) is 6.78. The summed E-state index contributed by atoms with van der Waals surface area (Å²) in [7, 11) is 0. The van der Waals surface area contributed by atoms with Gasteiger partial charge in [0.25, 0.3) is 0 Å². The van der Waals surface area contributed by atoms with Crippen LogP contribution in [0.4, 0.5) is 0 Å². The minimum absolute atomic E-state index is 0. The van der Waals surface area contributed by atoms with Crippen molar-refractivity contribution in [1.29, 1.82) is 0 Å². The smallest absolute Gasteiger partial charge is 0.162 e. The predicted octanol–water partition coefficient (Wildman–Crippen LogP) is 11.3. The number of hydrogen-bond donors (Lipinski definition) is 1. The number of ketones is 1. The first-order chi connectivity index (χ1) is 21.8. The first-order valence-electron chi connectivity index (χ1n) is 16.7. The van der Waals surface area contributed by atoms with Crippen molar-refractivity contribution >= 4 is 27.3 Å². The Morgan fingerprint density at radius 1 is 0.870 bits per heavy atom. The zero-order chi connectivity index (χ0) is 32.1. The molecule has 0 fully saturated rings. The number of carbonyl (C=O) groups is 1. The normalized spacial score (nSPS) is 13.8. The monoisotopic (exact) mass is 789 g/mol. The van der Waals surface area contributed by atoms with Crippen LogP contribution in [-0.4, -0.2) is 15.9 Å². The third-order valence-corrected chi connectivity index (χ3v) is 9.53. The summed E-state index contributed by atoms with van der Waals surface area (Å²) in [6, 6.07) is 32.2. The molecule has 1 heterocycles. The van der Waals surface area contributed by atoms with E-state index in [4.69, 9.17) is 4.98 Å². The van der Waals surface area contributed by atoms with E-state index in [1.54, 1.807) is 0 Å².